The molecule has 0 saturated heterocycles. The van der Waals surface area contributed by atoms with Gasteiger partial charge >= 0.3 is 5.97 Å². The Morgan fingerprint density at radius 3 is 2.88 bits per heavy atom. The molecule has 16 heavy (non-hydrogen) atoms. The molecule has 3 heteroatoms. The lowest BCUT2D eigenvalue weighted by molar-refractivity contribution is -0.137. The van der Waals surface area contributed by atoms with Gasteiger partial charge in [0.15, 0.2) is 0 Å². The zero-order valence-corrected chi connectivity index (χ0v) is 9.15. The van der Waals surface area contributed by atoms with E-state index in [1.54, 1.807) is 0 Å². The van der Waals surface area contributed by atoms with E-state index in [0.717, 1.165) is 18.5 Å². The molecular weight excluding hydrogens is 202 g/mol. The second-order valence-corrected chi connectivity index (χ2v) is 4.88. The van der Waals surface area contributed by atoms with Gasteiger partial charge in [0.05, 0.1) is 6.42 Å². The van der Waals surface area contributed by atoms with E-state index >= 15 is 0 Å². The number of hydrogen-bond donors (Lipinski definition) is 1. The van der Waals surface area contributed by atoms with Crippen molar-refractivity contribution in [2.45, 2.75) is 43.9 Å². The highest BCUT2D eigenvalue weighted by Gasteiger charge is 2.29. The monoisotopic (exact) mass is 217 g/mol. The van der Waals surface area contributed by atoms with Crippen molar-refractivity contribution in [1.29, 1.82) is 0 Å². The molecule has 1 unspecified atom stereocenters. The Morgan fingerprint density at radius 2 is 2.19 bits per heavy atom. The van der Waals surface area contributed by atoms with Crippen molar-refractivity contribution < 1.29 is 9.90 Å². The van der Waals surface area contributed by atoms with Crippen LogP contribution >= 0.6 is 0 Å². The second-order valence-electron chi connectivity index (χ2n) is 4.88. The van der Waals surface area contributed by atoms with Crippen molar-refractivity contribution in [2.75, 3.05) is 0 Å². The Hall–Kier alpha value is -1.38. The topological polar surface area (TPSA) is 50.2 Å². The number of carboxylic acids is 1. The molecule has 2 aliphatic rings. The largest absolute Gasteiger partial charge is 0.481 e. The van der Waals surface area contributed by atoms with E-state index in [0.29, 0.717) is 5.92 Å². The van der Waals surface area contributed by atoms with Gasteiger partial charge in [0, 0.05) is 17.3 Å². The van der Waals surface area contributed by atoms with Crippen molar-refractivity contribution in [1.82, 2.24) is 4.98 Å². The molecule has 1 aromatic heterocycles. The van der Waals surface area contributed by atoms with Gasteiger partial charge in [-0.15, -0.1) is 0 Å². The smallest absolute Gasteiger partial charge is 0.303 e. The highest BCUT2D eigenvalue weighted by atomic mass is 16.4. The van der Waals surface area contributed by atoms with Crippen LogP contribution in [0.5, 0.6) is 0 Å². The summed E-state index contributed by atoms with van der Waals surface area (Å²) >= 11 is 0. The van der Waals surface area contributed by atoms with Gasteiger partial charge in [-0.25, -0.2) is 0 Å². The van der Waals surface area contributed by atoms with Gasteiger partial charge in [-0.2, -0.15) is 0 Å². The van der Waals surface area contributed by atoms with Crippen LogP contribution in [0.25, 0.3) is 0 Å². The van der Waals surface area contributed by atoms with Crippen LogP contribution in [-0.4, -0.2) is 16.1 Å². The molecule has 1 N–H and O–H groups in total. The third kappa shape index (κ3) is 1.70. The molecule has 0 aliphatic heterocycles. The first-order valence-corrected chi connectivity index (χ1v) is 5.95. The minimum absolute atomic E-state index is 0.188. The van der Waals surface area contributed by atoms with Crippen LogP contribution in [0.2, 0.25) is 0 Å². The molecular formula is C13H15NO2. The third-order valence-corrected chi connectivity index (χ3v) is 3.62. The lowest BCUT2D eigenvalue weighted by atomic mass is 9.99. The van der Waals surface area contributed by atoms with Gasteiger partial charge in [-0.3, -0.25) is 9.78 Å². The number of fused-ring (bicyclic) bond motifs is 1. The van der Waals surface area contributed by atoms with Gasteiger partial charge in [0.25, 0.3) is 0 Å². The summed E-state index contributed by atoms with van der Waals surface area (Å²) < 4.78 is 0. The normalized spacial score (nSPS) is 23.1. The maximum absolute atomic E-state index is 10.7. The summed E-state index contributed by atoms with van der Waals surface area (Å²) in [5.74, 6) is 0.168. The van der Waals surface area contributed by atoms with Crippen molar-refractivity contribution in [3.05, 3.63) is 29.1 Å². The molecule has 0 amide bonds. The summed E-state index contributed by atoms with van der Waals surface area (Å²) in [7, 11) is 0. The van der Waals surface area contributed by atoms with Gasteiger partial charge in [0.2, 0.25) is 0 Å². The Balaban J connectivity index is 1.86. The fourth-order valence-electron chi connectivity index (χ4n) is 2.60. The predicted molar refractivity (Wildman–Crippen MR) is 59.5 cm³/mol. The lowest BCUT2D eigenvalue weighted by Gasteiger charge is -2.08. The zero-order valence-electron chi connectivity index (χ0n) is 9.15. The van der Waals surface area contributed by atoms with Gasteiger partial charge < -0.3 is 5.11 Å². The van der Waals surface area contributed by atoms with E-state index in [1.807, 2.05) is 0 Å². The number of rotatable bonds is 3. The number of aliphatic carboxylic acids is 1. The fourth-order valence-corrected chi connectivity index (χ4v) is 2.60. The van der Waals surface area contributed by atoms with E-state index in [4.69, 9.17) is 5.11 Å². The third-order valence-electron chi connectivity index (χ3n) is 3.62. The molecule has 0 radical (unpaired) electrons. The number of aryl methyl sites for hydroxylation is 1. The highest BCUT2D eigenvalue weighted by molar-refractivity contribution is 5.68. The van der Waals surface area contributed by atoms with Crippen LogP contribution in [0, 0.1) is 0 Å². The highest BCUT2D eigenvalue weighted by Crippen LogP contribution is 2.41. The number of carboxylic acid groups (broad SMARTS) is 1. The van der Waals surface area contributed by atoms with E-state index in [-0.39, 0.29) is 12.3 Å². The molecule has 1 saturated carbocycles. The van der Waals surface area contributed by atoms with Crippen molar-refractivity contribution in [3.63, 3.8) is 0 Å². The van der Waals surface area contributed by atoms with Crippen LogP contribution < -0.4 is 0 Å². The number of nitrogens with zero attached hydrogens (tertiary/aromatic N) is 1. The Kier molecular flexibility index (Phi) is 2.20. The van der Waals surface area contributed by atoms with Crippen LogP contribution in [0.4, 0.5) is 0 Å². The van der Waals surface area contributed by atoms with Crippen molar-refractivity contribution in [2.24, 2.45) is 0 Å². The number of carbonyl (C=O) groups is 1. The number of hydrogen-bond acceptors (Lipinski definition) is 2. The average Bonchev–Trinajstić information content (AvgIpc) is 3.02. The van der Waals surface area contributed by atoms with Gasteiger partial charge in [-0.1, -0.05) is 6.07 Å². The van der Waals surface area contributed by atoms with E-state index < -0.39 is 5.97 Å². The number of pyridine rings is 1. The Bertz CT molecular complexity index is 438. The fraction of sp³-hybridized carbons (Fsp3) is 0.538. The molecule has 1 fully saturated rings. The summed E-state index contributed by atoms with van der Waals surface area (Å²) in [6.45, 7) is 0. The first-order valence-electron chi connectivity index (χ1n) is 5.95. The molecule has 0 spiro atoms. The molecule has 1 aromatic rings. The van der Waals surface area contributed by atoms with Crippen LogP contribution in [0.1, 0.15) is 54.5 Å². The van der Waals surface area contributed by atoms with Gasteiger partial charge in [0.1, 0.15) is 0 Å². The standard InChI is InChI=1S/C13H15NO2/c15-13(16)7-9-3-5-12-10(9)4-6-11(14-12)8-1-2-8/h4,6,8-9H,1-3,5,7H2,(H,15,16). The number of aromatic nitrogens is 1. The molecule has 1 atom stereocenters. The molecule has 0 aromatic carbocycles. The Labute approximate surface area is 94.5 Å². The molecule has 1 heterocycles. The zero-order chi connectivity index (χ0) is 11.1. The maximum Gasteiger partial charge on any atom is 0.303 e. The maximum atomic E-state index is 10.7. The predicted octanol–water partition coefficient (Wildman–Crippen LogP) is 2.46. The summed E-state index contributed by atoms with van der Waals surface area (Å²) in [6.07, 6.45) is 4.68. The van der Waals surface area contributed by atoms with Crippen molar-refractivity contribution in [3.8, 4) is 0 Å². The van der Waals surface area contributed by atoms with E-state index in [9.17, 15) is 4.79 Å². The Morgan fingerprint density at radius 1 is 1.38 bits per heavy atom. The molecule has 3 nitrogen and oxygen atoms in total. The minimum atomic E-state index is -0.705. The van der Waals surface area contributed by atoms with Crippen LogP contribution in [-0.2, 0) is 11.2 Å². The van der Waals surface area contributed by atoms with Crippen LogP contribution in [0.3, 0.4) is 0 Å². The lowest BCUT2D eigenvalue weighted by Crippen LogP contribution is -2.03. The van der Waals surface area contributed by atoms with Gasteiger partial charge in [-0.05, 0) is 43.2 Å². The summed E-state index contributed by atoms with van der Waals surface area (Å²) in [5, 5.41) is 8.83. The molecule has 3 rings (SSSR count). The summed E-state index contributed by atoms with van der Waals surface area (Å²) in [5.41, 5.74) is 3.54. The molecule has 0 bridgehead atoms. The van der Waals surface area contributed by atoms with E-state index in [1.165, 1.54) is 24.1 Å². The summed E-state index contributed by atoms with van der Waals surface area (Å²) in [4.78, 5) is 15.4. The SMILES string of the molecule is O=C(O)CC1CCc2nc(C3CC3)ccc21. The van der Waals surface area contributed by atoms with Crippen LogP contribution in [0.15, 0.2) is 12.1 Å². The quantitative estimate of drug-likeness (QED) is 0.846. The molecule has 2 aliphatic carbocycles. The average molecular weight is 217 g/mol. The van der Waals surface area contributed by atoms with E-state index in [2.05, 4.69) is 17.1 Å². The first kappa shape index (κ1) is 9.82. The van der Waals surface area contributed by atoms with Crippen molar-refractivity contribution >= 4 is 5.97 Å². The minimum Gasteiger partial charge on any atom is -0.481 e. The summed E-state index contributed by atoms with van der Waals surface area (Å²) in [6, 6.07) is 4.20. The first-order chi connectivity index (χ1) is 7.74. The second kappa shape index (κ2) is 3.58. The molecule has 84 valence electrons.